The second-order valence-electron chi connectivity index (χ2n) is 10.5. The van der Waals surface area contributed by atoms with Crippen molar-refractivity contribution in [2.75, 3.05) is 31.1 Å². The van der Waals surface area contributed by atoms with Gasteiger partial charge in [0.25, 0.3) is 5.56 Å². The van der Waals surface area contributed by atoms with Crippen LogP contribution in [0.25, 0.3) is 0 Å². The van der Waals surface area contributed by atoms with Crippen LogP contribution in [0, 0.1) is 18.6 Å². The summed E-state index contributed by atoms with van der Waals surface area (Å²) in [6, 6.07) is 21.0. The smallest absolute Gasteiger partial charge is 0.428 e. The molecule has 2 N–H and O–H groups in total. The first kappa shape index (κ1) is 30.6. The van der Waals surface area contributed by atoms with E-state index in [9.17, 15) is 23.2 Å². The second-order valence-corrected chi connectivity index (χ2v) is 10.5. The third-order valence-electron chi connectivity index (χ3n) is 7.60. The molecular formula is C32H33F2N5O5. The zero-order valence-electron chi connectivity index (χ0n) is 24.2. The van der Waals surface area contributed by atoms with Gasteiger partial charge in [0.05, 0.1) is 26.2 Å². The average molecular weight is 606 g/mol. The Morgan fingerprint density at radius 3 is 2.11 bits per heavy atom. The number of aromatic nitrogens is 2. The highest BCUT2D eigenvalue weighted by atomic mass is 19.1. The summed E-state index contributed by atoms with van der Waals surface area (Å²) in [6.07, 6.45) is -0.851. The molecule has 0 amide bonds. The molecule has 5 rings (SSSR count). The number of piperazine rings is 1. The van der Waals surface area contributed by atoms with Crippen LogP contribution in [0.4, 0.5) is 19.3 Å². The fourth-order valence-corrected chi connectivity index (χ4v) is 5.19. The van der Waals surface area contributed by atoms with Crippen LogP contribution in [-0.2, 0) is 29.3 Å². The fourth-order valence-electron chi connectivity index (χ4n) is 5.19. The summed E-state index contributed by atoms with van der Waals surface area (Å²) in [7, 11) is 0. The lowest BCUT2D eigenvalue weighted by Gasteiger charge is -2.35. The van der Waals surface area contributed by atoms with Gasteiger partial charge >= 0.3 is 11.8 Å². The Morgan fingerprint density at radius 2 is 1.48 bits per heavy atom. The van der Waals surface area contributed by atoms with Crippen LogP contribution in [0.2, 0.25) is 0 Å². The number of hydrogen-bond acceptors (Lipinski definition) is 8. The molecule has 0 aliphatic carbocycles. The van der Waals surface area contributed by atoms with Gasteiger partial charge in [-0.25, -0.2) is 18.4 Å². The number of carbonyl (C=O) groups is 1. The van der Waals surface area contributed by atoms with Crippen LogP contribution in [0.3, 0.4) is 0 Å². The third-order valence-corrected chi connectivity index (χ3v) is 7.60. The molecule has 3 aromatic carbocycles. The average Bonchev–Trinajstić information content (AvgIpc) is 3.03. The summed E-state index contributed by atoms with van der Waals surface area (Å²) < 4.78 is 36.7. The predicted octanol–water partition coefficient (Wildman–Crippen LogP) is 3.74. The molecule has 1 aliphatic rings. The van der Waals surface area contributed by atoms with Crippen LogP contribution < -0.4 is 21.9 Å². The number of carbonyl (C=O) groups excluding carboxylic acids is 1. The Bertz CT molecular complexity index is 1700. The van der Waals surface area contributed by atoms with Crippen molar-refractivity contribution in [1.29, 1.82) is 0 Å². The van der Waals surface area contributed by atoms with Crippen molar-refractivity contribution in [2.24, 2.45) is 5.73 Å². The van der Waals surface area contributed by atoms with Crippen molar-refractivity contribution in [2.45, 2.75) is 32.7 Å². The lowest BCUT2D eigenvalue weighted by Crippen LogP contribution is -2.52. The Hall–Kier alpha value is -4.81. The van der Waals surface area contributed by atoms with E-state index in [1.165, 1.54) is 15.7 Å². The first-order valence-electron chi connectivity index (χ1n) is 14.2. The van der Waals surface area contributed by atoms with Crippen LogP contribution in [0.1, 0.15) is 28.4 Å². The van der Waals surface area contributed by atoms with E-state index in [1.54, 1.807) is 36.1 Å². The summed E-state index contributed by atoms with van der Waals surface area (Å²) in [5, 5.41) is 1.44. The number of ether oxygens (including phenoxy) is 1. The summed E-state index contributed by atoms with van der Waals surface area (Å²) in [6.45, 7) is 2.07. The highest BCUT2D eigenvalue weighted by molar-refractivity contribution is 5.59. The summed E-state index contributed by atoms with van der Waals surface area (Å²) >= 11 is 0. The van der Waals surface area contributed by atoms with Crippen molar-refractivity contribution in [1.82, 2.24) is 14.2 Å². The summed E-state index contributed by atoms with van der Waals surface area (Å²) in [4.78, 5) is 46.9. The van der Waals surface area contributed by atoms with E-state index >= 15 is 0 Å². The molecule has 10 nitrogen and oxygen atoms in total. The molecule has 0 spiro atoms. The maximum atomic E-state index is 14.7. The molecule has 12 heteroatoms. The second kappa shape index (κ2) is 13.7. The Kier molecular flexibility index (Phi) is 9.51. The van der Waals surface area contributed by atoms with E-state index < -0.39 is 41.6 Å². The molecule has 0 unspecified atom stereocenters. The van der Waals surface area contributed by atoms with E-state index in [-0.39, 0.29) is 56.3 Å². The van der Waals surface area contributed by atoms with Gasteiger partial charge in [0.2, 0.25) is 0 Å². The van der Waals surface area contributed by atoms with Gasteiger partial charge in [-0.2, -0.15) is 0 Å². The Labute approximate surface area is 252 Å². The molecule has 0 bridgehead atoms. The largest absolute Gasteiger partial charge is 0.528 e. The normalized spacial score (nSPS) is 14.3. The first-order chi connectivity index (χ1) is 21.2. The minimum atomic E-state index is -0.851. The molecular weight excluding hydrogens is 572 g/mol. The lowest BCUT2D eigenvalue weighted by molar-refractivity contribution is -0.131. The number of benzene rings is 3. The number of anilines is 1. The Morgan fingerprint density at radius 1 is 0.864 bits per heavy atom. The molecule has 4 aromatic rings. The minimum Gasteiger partial charge on any atom is -0.428 e. The number of nitrogens with two attached hydrogens (primary N) is 1. The molecule has 1 fully saturated rings. The minimum absolute atomic E-state index is 0.0631. The quantitative estimate of drug-likeness (QED) is 0.288. The molecule has 2 heterocycles. The van der Waals surface area contributed by atoms with E-state index in [0.29, 0.717) is 0 Å². The molecule has 0 saturated carbocycles. The van der Waals surface area contributed by atoms with Gasteiger partial charge < -0.3 is 20.2 Å². The van der Waals surface area contributed by atoms with Gasteiger partial charge in [-0.15, -0.1) is 5.06 Å². The highest BCUT2D eigenvalue weighted by Gasteiger charge is 2.28. The van der Waals surface area contributed by atoms with Gasteiger partial charge in [-0.3, -0.25) is 13.9 Å². The number of nitrogens with zero attached hydrogens (tertiary/aromatic N) is 4. The van der Waals surface area contributed by atoms with Gasteiger partial charge in [-0.1, -0.05) is 66.7 Å². The van der Waals surface area contributed by atoms with Crippen molar-refractivity contribution >= 4 is 11.8 Å². The van der Waals surface area contributed by atoms with Crippen LogP contribution >= 0.6 is 0 Å². The number of rotatable bonds is 9. The SMILES string of the molecule is Cc1c(N2CCN(OC(=O)OCc3ccccc3)CC2)c(=O)n(C[C@H](N)c2ccccc2)c(=O)n1Cc1c(F)cccc1F. The zero-order valence-corrected chi connectivity index (χ0v) is 24.2. The van der Waals surface area contributed by atoms with E-state index in [4.69, 9.17) is 15.3 Å². The lowest BCUT2D eigenvalue weighted by atomic mass is 10.1. The fraction of sp³-hybridized carbons (Fsp3) is 0.281. The molecule has 1 atom stereocenters. The monoisotopic (exact) mass is 605 g/mol. The standard InChI is InChI=1S/C32H33F2N5O5/c1-22-29(36-15-17-37(18-16-36)44-32(42)43-21-23-9-4-2-5-10-23)30(40)39(20-28(35)24-11-6-3-7-12-24)31(41)38(22)19-25-26(33)13-8-14-27(25)34/h2-14,28H,15-21,35H2,1H3/t28-/m0/s1. The van der Waals surface area contributed by atoms with Gasteiger partial charge in [-0.05, 0) is 30.2 Å². The van der Waals surface area contributed by atoms with E-state index in [1.807, 2.05) is 36.4 Å². The van der Waals surface area contributed by atoms with Crippen molar-refractivity contribution in [3.63, 3.8) is 0 Å². The molecule has 230 valence electrons. The topological polar surface area (TPSA) is 112 Å². The van der Waals surface area contributed by atoms with Gasteiger partial charge in [0.15, 0.2) is 0 Å². The summed E-state index contributed by atoms with van der Waals surface area (Å²) in [5.74, 6) is -1.61. The molecule has 1 aromatic heterocycles. The molecule has 44 heavy (non-hydrogen) atoms. The van der Waals surface area contributed by atoms with Crippen molar-refractivity contribution < 1.29 is 23.1 Å². The maximum Gasteiger partial charge on any atom is 0.528 e. The van der Waals surface area contributed by atoms with Gasteiger partial charge in [0.1, 0.15) is 23.9 Å². The maximum absolute atomic E-state index is 14.7. The van der Waals surface area contributed by atoms with Crippen LogP contribution in [0.5, 0.6) is 0 Å². The third kappa shape index (κ3) is 6.87. The molecule has 1 aliphatic heterocycles. The number of hydrogen-bond donors (Lipinski definition) is 1. The van der Waals surface area contributed by atoms with E-state index in [0.717, 1.165) is 27.8 Å². The van der Waals surface area contributed by atoms with Crippen molar-refractivity contribution in [3.8, 4) is 0 Å². The van der Waals surface area contributed by atoms with Gasteiger partial charge in [0, 0.05) is 30.4 Å². The predicted molar refractivity (Wildman–Crippen MR) is 160 cm³/mol. The number of halogens is 2. The first-order valence-corrected chi connectivity index (χ1v) is 14.2. The highest BCUT2D eigenvalue weighted by Crippen LogP contribution is 2.20. The number of hydroxylamine groups is 2. The van der Waals surface area contributed by atoms with Crippen LogP contribution in [0.15, 0.2) is 88.5 Å². The van der Waals surface area contributed by atoms with Crippen LogP contribution in [-0.4, -0.2) is 46.5 Å². The Balaban J connectivity index is 1.39. The molecule has 0 radical (unpaired) electrons. The van der Waals surface area contributed by atoms with Crippen molar-refractivity contribution in [3.05, 3.63) is 134 Å². The zero-order chi connectivity index (χ0) is 31.2. The summed E-state index contributed by atoms with van der Waals surface area (Å²) in [5.41, 5.74) is 6.80. The molecule has 1 saturated heterocycles. The van der Waals surface area contributed by atoms with E-state index in [2.05, 4.69) is 0 Å².